The van der Waals surface area contributed by atoms with Crippen molar-refractivity contribution < 1.29 is 28.5 Å². The highest BCUT2D eigenvalue weighted by Crippen LogP contribution is 2.30. The summed E-state index contributed by atoms with van der Waals surface area (Å²) in [5.74, 6) is 0.831. The van der Waals surface area contributed by atoms with Crippen LogP contribution in [0.5, 0.6) is 11.5 Å². The van der Waals surface area contributed by atoms with Gasteiger partial charge >= 0.3 is 5.97 Å². The lowest BCUT2D eigenvalue weighted by Crippen LogP contribution is -2.45. The Morgan fingerprint density at radius 2 is 2.08 bits per heavy atom. The maximum absolute atomic E-state index is 12.5. The third kappa shape index (κ3) is 3.99. The summed E-state index contributed by atoms with van der Waals surface area (Å²) >= 11 is 0. The maximum Gasteiger partial charge on any atom is 0.328 e. The predicted molar refractivity (Wildman–Crippen MR) is 92.8 cm³/mol. The molecule has 1 aromatic carbocycles. The van der Waals surface area contributed by atoms with Crippen molar-refractivity contribution in [2.75, 3.05) is 27.4 Å². The number of ether oxygens (including phenoxy) is 4. The summed E-state index contributed by atoms with van der Waals surface area (Å²) < 4.78 is 21.6. The Morgan fingerprint density at radius 3 is 2.73 bits per heavy atom. The number of carbonyl (C=O) groups excluding carboxylic acids is 2. The molecule has 140 valence electrons. The summed E-state index contributed by atoms with van der Waals surface area (Å²) in [4.78, 5) is 26.2. The second-order valence-corrected chi connectivity index (χ2v) is 6.24. The zero-order valence-corrected chi connectivity index (χ0v) is 15.0. The van der Waals surface area contributed by atoms with E-state index in [1.807, 2.05) is 12.1 Å². The van der Waals surface area contributed by atoms with E-state index in [4.69, 9.17) is 18.9 Å². The maximum atomic E-state index is 12.5. The van der Waals surface area contributed by atoms with Crippen LogP contribution >= 0.6 is 0 Å². The smallest absolute Gasteiger partial charge is 0.328 e. The molecule has 0 N–H and O–H groups in total. The standard InChI is InChI=1S/C19H23NO6/c1-23-16-7-3-4-8-17(16)26-14-11-18(21)20(12-14)15(19(22)24-2)10-13-6-5-9-25-13/h3-4,7-8,11,13,15H,5-6,9-10,12H2,1-2H3/t13-,15?/m0/s1. The Labute approximate surface area is 152 Å². The van der Waals surface area contributed by atoms with Crippen LogP contribution in [-0.2, 0) is 19.1 Å². The first-order valence-electron chi connectivity index (χ1n) is 8.64. The normalized spacial score (nSPS) is 20.7. The molecule has 3 rings (SSSR count). The monoisotopic (exact) mass is 361 g/mol. The van der Waals surface area contributed by atoms with Gasteiger partial charge in [0.25, 0.3) is 5.91 Å². The molecule has 7 heteroatoms. The minimum absolute atomic E-state index is 0.0360. The quantitative estimate of drug-likeness (QED) is 0.691. The molecule has 2 heterocycles. The average Bonchev–Trinajstić information content (AvgIpc) is 3.29. The number of para-hydroxylation sites is 2. The molecule has 0 radical (unpaired) electrons. The first-order chi connectivity index (χ1) is 12.6. The SMILES string of the molecule is COC(=O)C(C[C@@H]1CCCO1)N1CC(Oc2ccccc2OC)=CC1=O. The van der Waals surface area contributed by atoms with Crippen LogP contribution in [0.15, 0.2) is 36.1 Å². The zero-order valence-electron chi connectivity index (χ0n) is 15.0. The van der Waals surface area contributed by atoms with Gasteiger partial charge in [0.2, 0.25) is 0 Å². The predicted octanol–water partition coefficient (Wildman–Crippen LogP) is 1.91. The molecule has 1 amide bonds. The first kappa shape index (κ1) is 18.3. The molecule has 1 saturated heterocycles. The van der Waals surface area contributed by atoms with Gasteiger partial charge < -0.3 is 23.8 Å². The first-order valence-corrected chi connectivity index (χ1v) is 8.64. The van der Waals surface area contributed by atoms with E-state index < -0.39 is 12.0 Å². The number of benzene rings is 1. The molecule has 2 aliphatic rings. The minimum atomic E-state index is -0.689. The molecule has 1 aromatic rings. The van der Waals surface area contributed by atoms with Crippen molar-refractivity contribution in [1.29, 1.82) is 0 Å². The van der Waals surface area contributed by atoms with Crippen molar-refractivity contribution in [2.24, 2.45) is 0 Å². The molecule has 0 bridgehead atoms. The van der Waals surface area contributed by atoms with Crippen molar-refractivity contribution in [2.45, 2.75) is 31.4 Å². The summed E-state index contributed by atoms with van der Waals surface area (Å²) in [6.45, 7) is 0.885. The second-order valence-electron chi connectivity index (χ2n) is 6.24. The number of nitrogens with zero attached hydrogens (tertiary/aromatic N) is 1. The van der Waals surface area contributed by atoms with Crippen LogP contribution < -0.4 is 9.47 Å². The zero-order chi connectivity index (χ0) is 18.5. The molecule has 7 nitrogen and oxygen atoms in total. The van der Waals surface area contributed by atoms with E-state index in [-0.39, 0.29) is 18.6 Å². The lowest BCUT2D eigenvalue weighted by atomic mass is 10.1. The van der Waals surface area contributed by atoms with Gasteiger partial charge in [0.15, 0.2) is 11.5 Å². The Kier molecular flexibility index (Phi) is 5.78. The van der Waals surface area contributed by atoms with Crippen LogP contribution in [-0.4, -0.2) is 56.3 Å². The fraction of sp³-hybridized carbons (Fsp3) is 0.474. The van der Waals surface area contributed by atoms with Gasteiger partial charge in [-0.2, -0.15) is 0 Å². The summed E-state index contributed by atoms with van der Waals surface area (Å²) in [6.07, 6.45) is 3.64. The highest BCUT2D eigenvalue weighted by molar-refractivity contribution is 5.94. The van der Waals surface area contributed by atoms with Gasteiger partial charge in [-0.1, -0.05) is 12.1 Å². The van der Waals surface area contributed by atoms with E-state index >= 15 is 0 Å². The van der Waals surface area contributed by atoms with Crippen molar-refractivity contribution in [1.82, 2.24) is 4.90 Å². The van der Waals surface area contributed by atoms with E-state index in [0.29, 0.717) is 30.3 Å². The number of carbonyl (C=O) groups is 2. The Hall–Kier alpha value is -2.54. The largest absolute Gasteiger partial charge is 0.493 e. The van der Waals surface area contributed by atoms with Crippen LogP contribution in [0.25, 0.3) is 0 Å². The molecular weight excluding hydrogens is 338 g/mol. The molecule has 0 saturated carbocycles. The van der Waals surface area contributed by atoms with Crippen molar-refractivity contribution >= 4 is 11.9 Å². The van der Waals surface area contributed by atoms with E-state index in [0.717, 1.165) is 12.8 Å². The van der Waals surface area contributed by atoms with Crippen LogP contribution in [0.2, 0.25) is 0 Å². The summed E-state index contributed by atoms with van der Waals surface area (Å²) in [7, 11) is 2.88. The lowest BCUT2D eigenvalue weighted by Gasteiger charge is -2.27. The Balaban J connectivity index is 1.70. The van der Waals surface area contributed by atoms with Gasteiger partial charge in [0.05, 0.1) is 26.9 Å². The van der Waals surface area contributed by atoms with Crippen molar-refractivity contribution in [3.8, 4) is 11.5 Å². The van der Waals surface area contributed by atoms with Gasteiger partial charge in [-0.15, -0.1) is 0 Å². The average molecular weight is 361 g/mol. The summed E-state index contributed by atoms with van der Waals surface area (Å²) in [5.41, 5.74) is 0. The minimum Gasteiger partial charge on any atom is -0.493 e. The van der Waals surface area contributed by atoms with E-state index in [2.05, 4.69) is 0 Å². The van der Waals surface area contributed by atoms with Gasteiger partial charge in [0, 0.05) is 19.1 Å². The third-order valence-corrected chi connectivity index (χ3v) is 4.56. The van der Waals surface area contributed by atoms with Crippen LogP contribution in [0.4, 0.5) is 0 Å². The Bertz CT molecular complexity index is 695. The highest BCUT2D eigenvalue weighted by Gasteiger charge is 2.37. The number of hydrogen-bond acceptors (Lipinski definition) is 6. The number of methoxy groups -OCH3 is 2. The molecule has 0 aromatic heterocycles. The number of esters is 1. The van der Waals surface area contributed by atoms with Gasteiger partial charge in [0.1, 0.15) is 11.8 Å². The summed E-state index contributed by atoms with van der Waals surface area (Å²) in [6, 6.07) is 6.50. The number of amides is 1. The Morgan fingerprint density at radius 1 is 1.31 bits per heavy atom. The molecule has 1 unspecified atom stereocenters. The van der Waals surface area contributed by atoms with Crippen molar-refractivity contribution in [3.05, 3.63) is 36.1 Å². The van der Waals surface area contributed by atoms with Gasteiger partial charge in [-0.25, -0.2) is 4.79 Å². The third-order valence-electron chi connectivity index (χ3n) is 4.56. The highest BCUT2D eigenvalue weighted by atomic mass is 16.5. The molecule has 0 aliphatic carbocycles. The number of hydrogen-bond donors (Lipinski definition) is 0. The van der Waals surface area contributed by atoms with Crippen LogP contribution in [0.3, 0.4) is 0 Å². The van der Waals surface area contributed by atoms with Gasteiger partial charge in [-0.05, 0) is 25.0 Å². The molecule has 2 atom stereocenters. The lowest BCUT2D eigenvalue weighted by molar-refractivity contribution is -0.152. The fourth-order valence-corrected chi connectivity index (χ4v) is 3.25. The van der Waals surface area contributed by atoms with E-state index in [1.54, 1.807) is 19.2 Å². The van der Waals surface area contributed by atoms with E-state index in [9.17, 15) is 9.59 Å². The molecule has 2 aliphatic heterocycles. The van der Waals surface area contributed by atoms with Gasteiger partial charge in [-0.3, -0.25) is 4.79 Å². The number of rotatable bonds is 7. The van der Waals surface area contributed by atoms with E-state index in [1.165, 1.54) is 18.1 Å². The van der Waals surface area contributed by atoms with Crippen LogP contribution in [0.1, 0.15) is 19.3 Å². The fourth-order valence-electron chi connectivity index (χ4n) is 3.25. The second kappa shape index (κ2) is 8.23. The molecule has 26 heavy (non-hydrogen) atoms. The topological polar surface area (TPSA) is 74.3 Å². The molecule has 0 spiro atoms. The van der Waals surface area contributed by atoms with Crippen LogP contribution in [0, 0.1) is 0 Å². The molecular formula is C19H23NO6. The summed E-state index contributed by atoms with van der Waals surface area (Å²) in [5, 5.41) is 0. The molecule has 1 fully saturated rings. The van der Waals surface area contributed by atoms with Crippen molar-refractivity contribution in [3.63, 3.8) is 0 Å².